The van der Waals surface area contributed by atoms with Crippen molar-refractivity contribution >= 4 is 17.5 Å². The Morgan fingerprint density at radius 3 is 2.71 bits per heavy atom. The Morgan fingerprint density at radius 1 is 1.38 bits per heavy atom. The second kappa shape index (κ2) is 6.26. The van der Waals surface area contributed by atoms with Gasteiger partial charge in [0.2, 0.25) is 5.91 Å². The second-order valence-corrected chi connectivity index (χ2v) is 5.95. The highest BCUT2D eigenvalue weighted by molar-refractivity contribution is 6.00. The molecule has 1 aliphatic carbocycles. The number of hydrogen-bond donors (Lipinski definition) is 3. The molecule has 1 unspecified atom stereocenters. The molecule has 2 rings (SSSR count). The first kappa shape index (κ1) is 15.5. The number of amides is 2. The van der Waals surface area contributed by atoms with Gasteiger partial charge >= 0.3 is 0 Å². The normalized spacial score (nSPS) is 16.9. The van der Waals surface area contributed by atoms with Gasteiger partial charge in [-0.25, -0.2) is 0 Å². The van der Waals surface area contributed by atoms with Crippen molar-refractivity contribution in [1.29, 1.82) is 0 Å². The van der Waals surface area contributed by atoms with Crippen LogP contribution in [0.15, 0.2) is 24.3 Å². The van der Waals surface area contributed by atoms with Crippen LogP contribution >= 0.6 is 0 Å². The molecule has 0 spiro atoms. The molecule has 1 aliphatic rings. The minimum absolute atomic E-state index is 0.0994. The lowest BCUT2D eigenvalue weighted by Crippen LogP contribution is -2.48. The first-order valence-electron chi connectivity index (χ1n) is 7.43. The van der Waals surface area contributed by atoms with Gasteiger partial charge < -0.3 is 16.4 Å². The van der Waals surface area contributed by atoms with Gasteiger partial charge in [0, 0.05) is 17.3 Å². The molecule has 0 aromatic heterocycles. The van der Waals surface area contributed by atoms with E-state index in [1.165, 1.54) is 0 Å². The molecule has 0 saturated heterocycles. The van der Waals surface area contributed by atoms with Crippen LogP contribution in [0.1, 0.15) is 49.9 Å². The third-order valence-corrected chi connectivity index (χ3v) is 3.58. The molecule has 0 radical (unpaired) electrons. The average Bonchev–Trinajstić information content (AvgIpc) is 3.23. The summed E-state index contributed by atoms with van der Waals surface area (Å²) in [5, 5.41) is 5.71. The summed E-state index contributed by atoms with van der Waals surface area (Å²) in [4.78, 5) is 24.1. The van der Waals surface area contributed by atoms with E-state index in [2.05, 4.69) is 10.6 Å². The fourth-order valence-electron chi connectivity index (χ4n) is 2.14. The molecule has 1 fully saturated rings. The summed E-state index contributed by atoms with van der Waals surface area (Å²) in [7, 11) is 0. The average molecular weight is 289 g/mol. The van der Waals surface area contributed by atoms with Gasteiger partial charge in [0.05, 0.1) is 5.54 Å². The number of nitrogens with one attached hydrogen (secondary N) is 2. The van der Waals surface area contributed by atoms with Crippen molar-refractivity contribution in [3.8, 4) is 0 Å². The molecule has 0 bridgehead atoms. The summed E-state index contributed by atoms with van der Waals surface area (Å²) in [5.74, 6) is -0.332. The lowest BCUT2D eigenvalue weighted by atomic mass is 9.96. The lowest BCUT2D eigenvalue weighted by molar-refractivity contribution is -0.120. The van der Waals surface area contributed by atoms with Crippen LogP contribution in [0.4, 0.5) is 5.69 Å². The Kier molecular flexibility index (Phi) is 4.63. The van der Waals surface area contributed by atoms with Gasteiger partial charge in [-0.2, -0.15) is 0 Å². The predicted molar refractivity (Wildman–Crippen MR) is 83.1 cm³/mol. The van der Waals surface area contributed by atoms with Crippen LogP contribution in [0.2, 0.25) is 0 Å². The number of benzene rings is 1. The fraction of sp³-hybridized carbons (Fsp3) is 0.500. The third-order valence-electron chi connectivity index (χ3n) is 3.58. The number of rotatable bonds is 6. The van der Waals surface area contributed by atoms with Crippen LogP contribution < -0.4 is 16.4 Å². The van der Waals surface area contributed by atoms with Crippen LogP contribution in [0.5, 0.6) is 0 Å². The maximum Gasteiger partial charge on any atom is 0.251 e. The highest BCUT2D eigenvalue weighted by atomic mass is 16.2. The molecular formula is C16H23N3O2. The minimum Gasteiger partial charge on any atom is -0.349 e. The Hall–Kier alpha value is -1.88. The van der Waals surface area contributed by atoms with Gasteiger partial charge in [-0.3, -0.25) is 9.59 Å². The van der Waals surface area contributed by atoms with Crippen molar-refractivity contribution in [2.24, 2.45) is 5.73 Å². The standard InChI is InChI=1S/C16H23N3O2/c1-3-9-16(2,17)15(21)19-13-6-4-5-11(10-13)14(20)18-12-7-8-12/h4-6,10,12H,3,7-9,17H2,1-2H3,(H,18,20)(H,19,21). The molecule has 0 aliphatic heterocycles. The molecule has 1 aromatic rings. The van der Waals surface area contributed by atoms with E-state index in [0.717, 1.165) is 19.3 Å². The monoisotopic (exact) mass is 289 g/mol. The molecular weight excluding hydrogens is 266 g/mol. The van der Waals surface area contributed by atoms with Crippen molar-refractivity contribution in [2.45, 2.75) is 51.1 Å². The number of carbonyl (C=O) groups excluding carboxylic acids is 2. The Balaban J connectivity index is 2.03. The topological polar surface area (TPSA) is 84.2 Å². The van der Waals surface area contributed by atoms with Gasteiger partial charge in [-0.05, 0) is 44.4 Å². The van der Waals surface area contributed by atoms with Crippen LogP contribution in [0, 0.1) is 0 Å². The van der Waals surface area contributed by atoms with Gasteiger partial charge in [0.15, 0.2) is 0 Å². The summed E-state index contributed by atoms with van der Waals surface area (Å²) in [6.45, 7) is 3.71. The van der Waals surface area contributed by atoms with Crippen molar-refractivity contribution in [2.75, 3.05) is 5.32 Å². The Labute approximate surface area is 125 Å². The first-order chi connectivity index (χ1) is 9.92. The zero-order valence-corrected chi connectivity index (χ0v) is 12.6. The SMILES string of the molecule is CCCC(C)(N)C(=O)Nc1cccc(C(=O)NC2CC2)c1. The largest absolute Gasteiger partial charge is 0.349 e. The number of carbonyl (C=O) groups is 2. The molecule has 1 saturated carbocycles. The lowest BCUT2D eigenvalue weighted by Gasteiger charge is -2.23. The van der Waals surface area contributed by atoms with Crippen LogP contribution in [0.3, 0.4) is 0 Å². The third kappa shape index (κ3) is 4.29. The molecule has 2 amide bonds. The van der Waals surface area contributed by atoms with E-state index in [0.29, 0.717) is 23.7 Å². The van der Waals surface area contributed by atoms with E-state index in [4.69, 9.17) is 5.73 Å². The summed E-state index contributed by atoms with van der Waals surface area (Å²) in [5.41, 5.74) is 6.24. The zero-order chi connectivity index (χ0) is 15.5. The summed E-state index contributed by atoms with van der Waals surface area (Å²) in [6.07, 6.45) is 3.54. The van der Waals surface area contributed by atoms with E-state index in [1.807, 2.05) is 6.92 Å². The molecule has 4 N–H and O–H groups in total. The maximum absolute atomic E-state index is 12.2. The predicted octanol–water partition coefficient (Wildman–Crippen LogP) is 2.03. The zero-order valence-electron chi connectivity index (χ0n) is 12.6. The molecule has 1 atom stereocenters. The van der Waals surface area contributed by atoms with Gasteiger partial charge in [-0.15, -0.1) is 0 Å². The van der Waals surface area contributed by atoms with Gasteiger partial charge in [0.25, 0.3) is 5.91 Å². The number of hydrogen-bond acceptors (Lipinski definition) is 3. The van der Waals surface area contributed by atoms with E-state index in [-0.39, 0.29) is 11.8 Å². The van der Waals surface area contributed by atoms with E-state index >= 15 is 0 Å². The van der Waals surface area contributed by atoms with Gasteiger partial charge in [-0.1, -0.05) is 19.4 Å². The molecule has 5 heteroatoms. The quantitative estimate of drug-likeness (QED) is 0.749. The first-order valence-corrected chi connectivity index (χ1v) is 7.43. The van der Waals surface area contributed by atoms with Crippen LogP contribution in [-0.4, -0.2) is 23.4 Å². The van der Waals surface area contributed by atoms with Crippen molar-refractivity contribution in [3.05, 3.63) is 29.8 Å². The molecule has 5 nitrogen and oxygen atoms in total. The highest BCUT2D eigenvalue weighted by Gasteiger charge is 2.27. The van der Waals surface area contributed by atoms with Crippen molar-refractivity contribution in [1.82, 2.24) is 5.32 Å². The molecule has 1 aromatic carbocycles. The van der Waals surface area contributed by atoms with Crippen molar-refractivity contribution in [3.63, 3.8) is 0 Å². The highest BCUT2D eigenvalue weighted by Crippen LogP contribution is 2.20. The fourth-order valence-corrected chi connectivity index (χ4v) is 2.14. The van der Waals surface area contributed by atoms with E-state index in [1.54, 1.807) is 31.2 Å². The number of anilines is 1. The minimum atomic E-state index is -0.902. The van der Waals surface area contributed by atoms with E-state index < -0.39 is 5.54 Å². The molecule has 0 heterocycles. The maximum atomic E-state index is 12.2. The van der Waals surface area contributed by atoms with Crippen molar-refractivity contribution < 1.29 is 9.59 Å². The molecule has 114 valence electrons. The number of nitrogens with two attached hydrogens (primary N) is 1. The van der Waals surface area contributed by atoms with E-state index in [9.17, 15) is 9.59 Å². The Bertz CT molecular complexity index is 536. The summed E-state index contributed by atoms with van der Waals surface area (Å²) in [6, 6.07) is 7.24. The molecule has 21 heavy (non-hydrogen) atoms. The smallest absolute Gasteiger partial charge is 0.251 e. The van der Waals surface area contributed by atoms with Crippen LogP contribution in [-0.2, 0) is 4.79 Å². The van der Waals surface area contributed by atoms with Crippen LogP contribution in [0.25, 0.3) is 0 Å². The second-order valence-electron chi connectivity index (χ2n) is 5.95. The summed E-state index contributed by atoms with van der Waals surface area (Å²) >= 11 is 0. The van der Waals surface area contributed by atoms with Gasteiger partial charge in [0.1, 0.15) is 0 Å². The Morgan fingerprint density at radius 2 is 2.10 bits per heavy atom. The summed E-state index contributed by atoms with van der Waals surface area (Å²) < 4.78 is 0.